The number of carbonyl (C=O) groups excluding carboxylic acids is 1. The molecule has 0 bridgehead atoms. The minimum Gasteiger partial charge on any atom is -0.462 e. The Bertz CT molecular complexity index is 522. The first-order valence-electron chi connectivity index (χ1n) is 13.7. The largest absolute Gasteiger partial charge is 0.462 e. The van der Waals surface area contributed by atoms with Crippen molar-refractivity contribution in [3.8, 4) is 6.07 Å². The molecule has 2 saturated carbocycles. The van der Waals surface area contributed by atoms with Gasteiger partial charge in [0.2, 0.25) is 0 Å². The van der Waals surface area contributed by atoms with Crippen molar-refractivity contribution in [2.75, 3.05) is 0 Å². The van der Waals surface area contributed by atoms with E-state index in [0.717, 1.165) is 57.3 Å². The molecule has 0 unspecified atom stereocenters. The highest BCUT2D eigenvalue weighted by Gasteiger charge is 2.38. The second-order valence-corrected chi connectivity index (χ2v) is 10.6. The van der Waals surface area contributed by atoms with Gasteiger partial charge in [-0.25, -0.2) is 0 Å². The van der Waals surface area contributed by atoms with Crippen LogP contribution in [0.4, 0.5) is 0 Å². The zero-order valence-corrected chi connectivity index (χ0v) is 20.6. The fraction of sp³-hybridized carbons (Fsp3) is 0.929. The second kappa shape index (κ2) is 14.9. The van der Waals surface area contributed by atoms with Crippen LogP contribution in [0.2, 0.25) is 0 Å². The van der Waals surface area contributed by atoms with E-state index in [1.165, 1.54) is 77.0 Å². The van der Waals surface area contributed by atoms with E-state index in [4.69, 9.17) is 4.74 Å². The smallest absolute Gasteiger partial charge is 0.309 e. The lowest BCUT2D eigenvalue weighted by Crippen LogP contribution is -2.33. The molecule has 0 saturated heterocycles. The Balaban J connectivity index is 1.62. The number of hydrogen-bond donors (Lipinski definition) is 0. The van der Waals surface area contributed by atoms with Gasteiger partial charge in [0.15, 0.2) is 0 Å². The van der Waals surface area contributed by atoms with Crippen LogP contribution in [-0.4, -0.2) is 12.1 Å². The van der Waals surface area contributed by atoms with Crippen LogP contribution in [0, 0.1) is 28.6 Å². The summed E-state index contributed by atoms with van der Waals surface area (Å²) >= 11 is 0. The molecule has 3 heteroatoms. The van der Waals surface area contributed by atoms with Crippen molar-refractivity contribution in [2.45, 2.75) is 148 Å². The first kappa shape index (κ1) is 26.2. The Labute approximate surface area is 192 Å². The van der Waals surface area contributed by atoms with Crippen molar-refractivity contribution in [1.29, 1.82) is 5.26 Å². The lowest BCUT2D eigenvalue weighted by Gasteiger charge is -2.35. The molecule has 2 aliphatic carbocycles. The van der Waals surface area contributed by atoms with E-state index >= 15 is 0 Å². The predicted octanol–water partition coefficient (Wildman–Crippen LogP) is 8.51. The average molecular weight is 432 g/mol. The summed E-state index contributed by atoms with van der Waals surface area (Å²) in [6.07, 6.45) is 23.6. The summed E-state index contributed by atoms with van der Waals surface area (Å²) in [6, 6.07) is 2.63. The first-order chi connectivity index (χ1) is 15.1. The van der Waals surface area contributed by atoms with Crippen LogP contribution in [-0.2, 0) is 9.53 Å². The molecular formula is C28H49NO2. The van der Waals surface area contributed by atoms with Gasteiger partial charge < -0.3 is 4.74 Å². The van der Waals surface area contributed by atoms with E-state index in [2.05, 4.69) is 19.9 Å². The zero-order chi connectivity index (χ0) is 22.4. The van der Waals surface area contributed by atoms with Gasteiger partial charge in [0.1, 0.15) is 6.10 Å². The van der Waals surface area contributed by atoms with Gasteiger partial charge >= 0.3 is 5.97 Å². The van der Waals surface area contributed by atoms with E-state index < -0.39 is 0 Å². The number of nitrogens with zero attached hydrogens (tertiary/aromatic N) is 1. The molecule has 0 aliphatic heterocycles. The van der Waals surface area contributed by atoms with Crippen LogP contribution >= 0.6 is 0 Å². The summed E-state index contributed by atoms with van der Waals surface area (Å²) in [5.74, 6) is 0.898. The van der Waals surface area contributed by atoms with Gasteiger partial charge in [0.05, 0.1) is 17.4 Å². The molecule has 178 valence electrons. The van der Waals surface area contributed by atoms with Gasteiger partial charge in [-0.2, -0.15) is 5.26 Å². The lowest BCUT2D eigenvalue weighted by atomic mass is 9.69. The minimum absolute atomic E-state index is 0.0255. The standard InChI is InChI=1S/C28H49NO2/c1-3-5-7-9-11-13-24-14-16-26(17-15-24)31-27(30)25-18-21-28(23-29,22-19-25)20-12-10-8-6-4-2/h24-26H,3-22H2,1-2H3. The second-order valence-electron chi connectivity index (χ2n) is 10.6. The monoisotopic (exact) mass is 431 g/mol. The number of hydrogen-bond acceptors (Lipinski definition) is 3. The van der Waals surface area contributed by atoms with Crippen LogP contribution in [0.5, 0.6) is 0 Å². The Morgan fingerprint density at radius 1 is 0.839 bits per heavy atom. The van der Waals surface area contributed by atoms with Gasteiger partial charge in [-0.15, -0.1) is 0 Å². The van der Waals surface area contributed by atoms with E-state index in [-0.39, 0.29) is 23.4 Å². The third-order valence-corrected chi connectivity index (χ3v) is 8.06. The Morgan fingerprint density at radius 2 is 1.42 bits per heavy atom. The summed E-state index contributed by atoms with van der Waals surface area (Å²) in [5.41, 5.74) is -0.182. The molecule has 0 aromatic heterocycles. The topological polar surface area (TPSA) is 50.1 Å². The van der Waals surface area contributed by atoms with Crippen molar-refractivity contribution in [3.05, 3.63) is 0 Å². The maximum Gasteiger partial charge on any atom is 0.309 e. The van der Waals surface area contributed by atoms with Gasteiger partial charge in [-0.1, -0.05) is 84.5 Å². The normalized spacial score (nSPS) is 28.7. The molecule has 0 radical (unpaired) electrons. The van der Waals surface area contributed by atoms with Gasteiger partial charge in [-0.05, 0) is 63.7 Å². The molecule has 0 amide bonds. The number of esters is 1. The molecule has 2 fully saturated rings. The van der Waals surface area contributed by atoms with Crippen LogP contribution in [0.15, 0.2) is 0 Å². The third-order valence-electron chi connectivity index (χ3n) is 8.06. The van der Waals surface area contributed by atoms with Crippen molar-refractivity contribution >= 4 is 5.97 Å². The zero-order valence-electron chi connectivity index (χ0n) is 20.6. The summed E-state index contributed by atoms with van der Waals surface area (Å²) in [5, 5.41) is 9.79. The Morgan fingerprint density at radius 3 is 2.00 bits per heavy atom. The molecule has 0 N–H and O–H groups in total. The van der Waals surface area contributed by atoms with E-state index in [1.54, 1.807) is 0 Å². The fourth-order valence-corrected chi connectivity index (χ4v) is 5.73. The van der Waals surface area contributed by atoms with E-state index in [9.17, 15) is 10.1 Å². The Hall–Kier alpha value is -1.04. The number of unbranched alkanes of at least 4 members (excludes halogenated alkanes) is 8. The molecule has 2 aliphatic rings. The predicted molar refractivity (Wildman–Crippen MR) is 129 cm³/mol. The number of ether oxygens (including phenoxy) is 1. The molecule has 0 spiro atoms. The average Bonchev–Trinajstić information content (AvgIpc) is 2.80. The highest BCUT2D eigenvalue weighted by Crippen LogP contribution is 2.43. The highest BCUT2D eigenvalue weighted by molar-refractivity contribution is 5.72. The van der Waals surface area contributed by atoms with Crippen molar-refractivity contribution in [2.24, 2.45) is 17.3 Å². The molecule has 2 rings (SSSR count). The van der Waals surface area contributed by atoms with Gasteiger partial charge in [-0.3, -0.25) is 4.79 Å². The molecule has 0 heterocycles. The summed E-state index contributed by atoms with van der Waals surface area (Å²) in [4.78, 5) is 12.7. The van der Waals surface area contributed by atoms with Gasteiger partial charge in [0, 0.05) is 0 Å². The van der Waals surface area contributed by atoms with Crippen LogP contribution in [0.1, 0.15) is 142 Å². The molecule has 0 atom stereocenters. The lowest BCUT2D eigenvalue weighted by molar-refractivity contribution is -0.157. The first-order valence-corrected chi connectivity index (χ1v) is 13.7. The minimum atomic E-state index is -0.182. The summed E-state index contributed by atoms with van der Waals surface area (Å²) in [7, 11) is 0. The SMILES string of the molecule is CCCCCCCC1CCC(OC(=O)C2CCC(C#N)(CCCCCCC)CC2)CC1. The maximum atomic E-state index is 12.7. The number of carbonyl (C=O) groups is 1. The Kier molecular flexibility index (Phi) is 12.6. The van der Waals surface area contributed by atoms with E-state index in [0.29, 0.717) is 0 Å². The molecule has 3 nitrogen and oxygen atoms in total. The van der Waals surface area contributed by atoms with Crippen molar-refractivity contribution < 1.29 is 9.53 Å². The molecular weight excluding hydrogens is 382 g/mol. The summed E-state index contributed by atoms with van der Waals surface area (Å²) < 4.78 is 5.94. The molecule has 0 aromatic carbocycles. The van der Waals surface area contributed by atoms with E-state index in [1.807, 2.05) is 0 Å². The van der Waals surface area contributed by atoms with Gasteiger partial charge in [0.25, 0.3) is 0 Å². The van der Waals surface area contributed by atoms with Crippen LogP contribution in [0.3, 0.4) is 0 Å². The van der Waals surface area contributed by atoms with Crippen molar-refractivity contribution in [1.82, 2.24) is 0 Å². The third kappa shape index (κ3) is 9.55. The molecule has 31 heavy (non-hydrogen) atoms. The maximum absolute atomic E-state index is 12.7. The summed E-state index contributed by atoms with van der Waals surface area (Å²) in [6.45, 7) is 4.50. The quantitative estimate of drug-likeness (QED) is 0.204. The number of rotatable bonds is 14. The molecule has 0 aromatic rings. The number of nitriles is 1. The van der Waals surface area contributed by atoms with Crippen LogP contribution < -0.4 is 0 Å². The fourth-order valence-electron chi connectivity index (χ4n) is 5.73. The van der Waals surface area contributed by atoms with Crippen LogP contribution in [0.25, 0.3) is 0 Å². The highest BCUT2D eigenvalue weighted by atomic mass is 16.5. The van der Waals surface area contributed by atoms with Crippen molar-refractivity contribution in [3.63, 3.8) is 0 Å².